The lowest BCUT2D eigenvalue weighted by Gasteiger charge is -2.37. The van der Waals surface area contributed by atoms with Crippen molar-refractivity contribution < 1.29 is 12.9 Å². The zero-order valence-corrected chi connectivity index (χ0v) is 12.4. The summed E-state index contributed by atoms with van der Waals surface area (Å²) in [4.78, 5) is 0. The van der Waals surface area contributed by atoms with E-state index in [1.54, 1.807) is 0 Å². The van der Waals surface area contributed by atoms with Crippen LogP contribution in [-0.2, 0) is 4.12 Å². The molecule has 0 fully saturated rings. The fraction of sp³-hybridized carbons (Fsp3) is 1.00. The molecule has 0 saturated carbocycles. The van der Waals surface area contributed by atoms with Gasteiger partial charge in [0.1, 0.15) is 12.6 Å². The molecule has 0 aliphatic carbocycles. The van der Waals surface area contributed by atoms with Crippen molar-refractivity contribution in [3.8, 4) is 0 Å². The van der Waals surface area contributed by atoms with Gasteiger partial charge in [0, 0.05) is 0 Å². The Balaban J connectivity index is 4.74. The minimum absolute atomic E-state index is 0.366. The van der Waals surface area contributed by atoms with E-state index < -0.39 is 16.6 Å². The first-order valence-corrected chi connectivity index (χ1v) is 11.0. The van der Waals surface area contributed by atoms with Gasteiger partial charge in [0.15, 0.2) is 0 Å². The Morgan fingerprint density at radius 3 is 1.13 bits per heavy atom. The van der Waals surface area contributed by atoms with E-state index in [9.17, 15) is 8.78 Å². The molecular formula is C10H24F2OSi2. The smallest absolute Gasteiger partial charge is 0.211 e. The molecule has 0 aromatic rings. The van der Waals surface area contributed by atoms with Gasteiger partial charge in [0.25, 0.3) is 0 Å². The molecule has 15 heavy (non-hydrogen) atoms. The van der Waals surface area contributed by atoms with E-state index in [-0.39, 0.29) is 12.6 Å². The number of rotatable bonds is 8. The van der Waals surface area contributed by atoms with Crippen LogP contribution < -0.4 is 0 Å². The van der Waals surface area contributed by atoms with Crippen LogP contribution in [0.3, 0.4) is 0 Å². The van der Waals surface area contributed by atoms with Crippen LogP contribution in [0.25, 0.3) is 0 Å². The van der Waals surface area contributed by atoms with Crippen molar-refractivity contribution in [3.63, 3.8) is 0 Å². The average molecular weight is 254 g/mol. The molecule has 0 radical (unpaired) electrons. The van der Waals surface area contributed by atoms with Gasteiger partial charge in [-0.2, -0.15) is 0 Å². The molecule has 0 N–H and O–H groups in total. The summed E-state index contributed by atoms with van der Waals surface area (Å²) in [6.07, 6.45) is -0.733. The quantitative estimate of drug-likeness (QED) is 0.595. The van der Waals surface area contributed by atoms with Crippen molar-refractivity contribution in [2.45, 2.75) is 51.9 Å². The molecule has 0 aliphatic heterocycles. The second-order valence-corrected chi connectivity index (χ2v) is 13.1. The Morgan fingerprint density at radius 1 is 0.733 bits per heavy atom. The SMILES string of the molecule is CC[Si](CC)(CF)O[Si](CC)(CC)CF. The highest BCUT2D eigenvalue weighted by molar-refractivity contribution is 6.87. The maximum Gasteiger partial charge on any atom is 0.211 e. The lowest BCUT2D eigenvalue weighted by atomic mass is 10.9. The zero-order valence-electron chi connectivity index (χ0n) is 10.4. The molecule has 1 nitrogen and oxygen atoms in total. The minimum atomic E-state index is -2.26. The molecule has 92 valence electrons. The van der Waals surface area contributed by atoms with Crippen LogP contribution in [0.1, 0.15) is 27.7 Å². The van der Waals surface area contributed by atoms with Crippen molar-refractivity contribution in [1.29, 1.82) is 0 Å². The molecule has 0 saturated heterocycles. The van der Waals surface area contributed by atoms with Gasteiger partial charge in [-0.25, -0.2) is 0 Å². The highest BCUT2D eigenvalue weighted by Gasteiger charge is 2.42. The molecule has 0 aromatic carbocycles. The van der Waals surface area contributed by atoms with E-state index in [0.717, 1.165) is 24.2 Å². The average Bonchev–Trinajstić information content (AvgIpc) is 2.33. The molecule has 5 heteroatoms. The maximum absolute atomic E-state index is 13.1. The summed E-state index contributed by atoms with van der Waals surface area (Å²) in [5.41, 5.74) is 0. The Hall–Kier alpha value is 0.254. The van der Waals surface area contributed by atoms with Gasteiger partial charge in [0.2, 0.25) is 16.6 Å². The van der Waals surface area contributed by atoms with Crippen LogP contribution in [-0.4, -0.2) is 29.2 Å². The molecule has 0 aliphatic rings. The first-order chi connectivity index (χ1) is 7.07. The Labute approximate surface area is 94.5 Å². The Kier molecular flexibility index (Phi) is 6.87. The van der Waals surface area contributed by atoms with Gasteiger partial charge >= 0.3 is 0 Å². The van der Waals surface area contributed by atoms with E-state index in [1.807, 2.05) is 27.7 Å². The highest BCUT2D eigenvalue weighted by atomic mass is 28.4. The predicted octanol–water partition coefficient (Wildman–Crippen LogP) is 3.99. The van der Waals surface area contributed by atoms with Gasteiger partial charge in [-0.1, -0.05) is 27.7 Å². The van der Waals surface area contributed by atoms with Gasteiger partial charge in [0.05, 0.1) is 0 Å². The molecule has 0 aromatic heterocycles. The minimum Gasteiger partial charge on any atom is -0.452 e. The van der Waals surface area contributed by atoms with E-state index in [0.29, 0.717) is 0 Å². The van der Waals surface area contributed by atoms with Crippen LogP contribution in [0.15, 0.2) is 0 Å². The summed E-state index contributed by atoms with van der Waals surface area (Å²) in [6, 6.07) is 3.03. The van der Waals surface area contributed by atoms with Crippen molar-refractivity contribution >= 4 is 16.6 Å². The maximum atomic E-state index is 13.1. The molecule has 0 heterocycles. The Bertz CT molecular complexity index is 136. The Morgan fingerprint density at radius 2 is 1.00 bits per heavy atom. The van der Waals surface area contributed by atoms with Crippen molar-refractivity contribution in [1.82, 2.24) is 0 Å². The van der Waals surface area contributed by atoms with E-state index in [1.165, 1.54) is 0 Å². The van der Waals surface area contributed by atoms with Crippen LogP contribution in [0.2, 0.25) is 24.2 Å². The normalized spacial score (nSPS) is 13.2. The second kappa shape index (κ2) is 6.75. The summed E-state index contributed by atoms with van der Waals surface area (Å²) >= 11 is 0. The number of hydrogen-bond acceptors (Lipinski definition) is 1. The fourth-order valence-electron chi connectivity index (χ4n) is 1.68. The summed E-state index contributed by atoms with van der Waals surface area (Å²) < 4.78 is 32.2. The molecule has 0 unspecified atom stereocenters. The highest BCUT2D eigenvalue weighted by Crippen LogP contribution is 2.27. The van der Waals surface area contributed by atoms with E-state index >= 15 is 0 Å². The van der Waals surface area contributed by atoms with Gasteiger partial charge < -0.3 is 4.12 Å². The molecule has 0 amide bonds. The largest absolute Gasteiger partial charge is 0.452 e. The number of alkyl halides is 2. The first-order valence-electron chi connectivity index (χ1n) is 5.89. The number of hydrogen-bond donors (Lipinski definition) is 0. The van der Waals surface area contributed by atoms with Gasteiger partial charge in [-0.15, -0.1) is 0 Å². The third kappa shape index (κ3) is 3.64. The van der Waals surface area contributed by atoms with Crippen molar-refractivity contribution in [3.05, 3.63) is 0 Å². The summed E-state index contributed by atoms with van der Waals surface area (Å²) in [7, 11) is -4.52. The standard InChI is InChI=1S/C10H24F2OSi2/c1-5-14(6-2,9-11)13-15(7-3,8-4)10-12/h5-10H2,1-4H3. The lowest BCUT2D eigenvalue weighted by Crippen LogP contribution is -2.53. The lowest BCUT2D eigenvalue weighted by molar-refractivity contribution is 0.428. The van der Waals surface area contributed by atoms with Crippen molar-refractivity contribution in [2.24, 2.45) is 0 Å². The summed E-state index contributed by atoms with van der Waals surface area (Å²) in [5, 5.41) is 0. The number of halogens is 2. The molecule has 0 rings (SSSR count). The summed E-state index contributed by atoms with van der Waals surface area (Å²) in [6.45, 7) is 7.88. The third-order valence-electron chi connectivity index (χ3n) is 3.50. The van der Waals surface area contributed by atoms with Crippen LogP contribution in [0.5, 0.6) is 0 Å². The monoisotopic (exact) mass is 254 g/mol. The van der Waals surface area contributed by atoms with Crippen molar-refractivity contribution in [2.75, 3.05) is 12.6 Å². The first kappa shape index (κ1) is 15.3. The molecule has 0 bridgehead atoms. The molecule has 0 atom stereocenters. The van der Waals surface area contributed by atoms with E-state index in [2.05, 4.69) is 0 Å². The molecule has 0 spiro atoms. The van der Waals surface area contributed by atoms with Crippen LogP contribution in [0, 0.1) is 0 Å². The van der Waals surface area contributed by atoms with Crippen LogP contribution in [0.4, 0.5) is 8.78 Å². The zero-order chi connectivity index (χ0) is 11.9. The second-order valence-electron chi connectivity index (χ2n) is 4.15. The van der Waals surface area contributed by atoms with Gasteiger partial charge in [-0.05, 0) is 24.2 Å². The van der Waals surface area contributed by atoms with Crippen LogP contribution >= 0.6 is 0 Å². The van der Waals surface area contributed by atoms with Gasteiger partial charge in [-0.3, -0.25) is 8.78 Å². The predicted molar refractivity (Wildman–Crippen MR) is 66.5 cm³/mol. The van der Waals surface area contributed by atoms with E-state index in [4.69, 9.17) is 4.12 Å². The topological polar surface area (TPSA) is 9.23 Å². The fourth-order valence-corrected chi connectivity index (χ4v) is 9.86. The third-order valence-corrected chi connectivity index (χ3v) is 13.1. The molecular weight excluding hydrogens is 230 g/mol. The summed E-state index contributed by atoms with van der Waals surface area (Å²) in [5.74, 6) is 0.